The number of carbonyl (C=O) groups excluding carboxylic acids is 1. The van der Waals surface area contributed by atoms with Crippen molar-refractivity contribution in [1.82, 2.24) is 10.3 Å². The molecule has 1 aliphatic carbocycles. The number of amides is 1. The smallest absolute Gasteiger partial charge is 0.224 e. The maximum absolute atomic E-state index is 12.7. The molecule has 0 aliphatic heterocycles. The van der Waals surface area contributed by atoms with E-state index in [2.05, 4.69) is 60.7 Å². The highest BCUT2D eigenvalue weighted by Crippen LogP contribution is 2.48. The lowest BCUT2D eigenvalue weighted by Crippen LogP contribution is -2.29. The number of nitrogens with one attached hydrogen (secondary N) is 2. The van der Waals surface area contributed by atoms with Crippen LogP contribution < -0.4 is 10.6 Å². The molecule has 1 heterocycles. The van der Waals surface area contributed by atoms with Gasteiger partial charge in [0.25, 0.3) is 0 Å². The average molecular weight is 430 g/mol. The van der Waals surface area contributed by atoms with Crippen molar-refractivity contribution in [3.63, 3.8) is 0 Å². The van der Waals surface area contributed by atoms with E-state index in [0.29, 0.717) is 11.4 Å². The number of aromatic nitrogens is 1. The Balaban J connectivity index is 1.58. The lowest BCUT2D eigenvalue weighted by Gasteiger charge is -2.19. The summed E-state index contributed by atoms with van der Waals surface area (Å²) in [4.78, 5) is 17.2. The molecular weight excluding hydrogens is 398 g/mol. The second kappa shape index (κ2) is 8.76. The fourth-order valence-electron chi connectivity index (χ4n) is 3.64. The van der Waals surface area contributed by atoms with Crippen molar-refractivity contribution in [2.24, 2.45) is 5.92 Å². The fraction of sp³-hybridized carbons (Fsp3) is 0.478. The Morgan fingerprint density at radius 2 is 1.83 bits per heavy atom. The van der Waals surface area contributed by atoms with E-state index in [0.717, 1.165) is 12.1 Å². The summed E-state index contributed by atoms with van der Waals surface area (Å²) in [5, 5.41) is 5.91. The van der Waals surface area contributed by atoms with Crippen LogP contribution >= 0.6 is 0 Å². The van der Waals surface area contributed by atoms with Crippen molar-refractivity contribution in [3.05, 3.63) is 58.9 Å². The van der Waals surface area contributed by atoms with Crippen LogP contribution in [-0.4, -0.2) is 25.2 Å². The van der Waals surface area contributed by atoms with Gasteiger partial charge in [-0.25, -0.2) is 8.42 Å². The van der Waals surface area contributed by atoms with E-state index in [1.165, 1.54) is 11.1 Å². The summed E-state index contributed by atoms with van der Waals surface area (Å²) in [6.45, 7) is 10.3. The number of hydrogen-bond acceptors (Lipinski definition) is 5. The van der Waals surface area contributed by atoms with E-state index >= 15 is 0 Å². The van der Waals surface area contributed by atoms with Crippen molar-refractivity contribution < 1.29 is 13.2 Å². The number of hydrogen-bond donors (Lipinski definition) is 3. The number of benzene rings is 1. The Morgan fingerprint density at radius 3 is 2.40 bits per heavy atom. The van der Waals surface area contributed by atoms with Crippen molar-refractivity contribution in [3.8, 4) is 0 Å². The zero-order valence-electron chi connectivity index (χ0n) is 18.2. The first-order chi connectivity index (χ1) is 14.1. The summed E-state index contributed by atoms with van der Waals surface area (Å²) in [6.07, 6.45) is 0.871. The third kappa shape index (κ3) is 5.39. The van der Waals surface area contributed by atoms with Crippen LogP contribution in [-0.2, 0) is 20.9 Å². The van der Waals surface area contributed by atoms with Crippen molar-refractivity contribution in [2.45, 2.75) is 58.4 Å². The van der Waals surface area contributed by atoms with Crippen LogP contribution in [0, 0.1) is 12.8 Å². The van der Waals surface area contributed by atoms with Crippen LogP contribution in [0.5, 0.6) is 0 Å². The summed E-state index contributed by atoms with van der Waals surface area (Å²) in [6, 6.07) is 12.0. The number of carbonyl (C=O) groups is 1. The van der Waals surface area contributed by atoms with Crippen LogP contribution in [0.3, 0.4) is 0 Å². The first-order valence-corrected chi connectivity index (χ1v) is 11.7. The van der Waals surface area contributed by atoms with Gasteiger partial charge in [0.1, 0.15) is 5.88 Å². The third-order valence-corrected chi connectivity index (χ3v) is 6.06. The molecule has 0 saturated heterocycles. The Hall–Kier alpha value is -2.41. The van der Waals surface area contributed by atoms with Gasteiger partial charge in [-0.15, -0.1) is 0 Å². The molecule has 2 unspecified atom stereocenters. The Labute approximate surface area is 180 Å². The highest BCUT2D eigenvalue weighted by atomic mass is 32.2. The summed E-state index contributed by atoms with van der Waals surface area (Å²) in [7, 11) is -2.50. The van der Waals surface area contributed by atoms with Crippen molar-refractivity contribution in [1.29, 1.82) is 0 Å². The number of nitrogens with zero attached hydrogens (tertiary/aromatic N) is 1. The molecule has 1 fully saturated rings. The molecule has 7 heteroatoms. The van der Waals surface area contributed by atoms with E-state index in [9.17, 15) is 13.2 Å². The van der Waals surface area contributed by atoms with Crippen LogP contribution in [0.15, 0.2) is 36.4 Å². The largest absolute Gasteiger partial charge is 0.370 e. The Kier molecular flexibility index (Phi) is 6.50. The second-order valence-corrected chi connectivity index (χ2v) is 10.1. The molecule has 3 rings (SSSR count). The maximum Gasteiger partial charge on any atom is 0.224 e. The van der Waals surface area contributed by atoms with Crippen molar-refractivity contribution >= 4 is 22.3 Å². The van der Waals surface area contributed by atoms with E-state index in [1.807, 2.05) is 19.9 Å². The molecule has 0 spiro atoms. The first-order valence-electron chi connectivity index (χ1n) is 10.3. The molecule has 0 bridgehead atoms. The Bertz CT molecular complexity index is 986. The van der Waals surface area contributed by atoms with Crippen LogP contribution in [0.2, 0.25) is 0 Å². The average Bonchev–Trinajstić information content (AvgIpc) is 3.47. The van der Waals surface area contributed by atoms with Crippen LogP contribution in [0.4, 0.5) is 5.69 Å². The van der Waals surface area contributed by atoms with Gasteiger partial charge in [0.05, 0.1) is 23.1 Å². The highest BCUT2D eigenvalue weighted by molar-refractivity contribution is 7.72. The molecule has 1 saturated carbocycles. The van der Waals surface area contributed by atoms with Gasteiger partial charge >= 0.3 is 0 Å². The van der Waals surface area contributed by atoms with E-state index in [4.69, 9.17) is 0 Å². The van der Waals surface area contributed by atoms with Gasteiger partial charge in [-0.3, -0.25) is 9.78 Å². The zero-order valence-corrected chi connectivity index (χ0v) is 19.1. The number of anilines is 1. The molecule has 6 nitrogen and oxygen atoms in total. The minimum atomic E-state index is -2.50. The molecule has 2 N–H and O–H groups in total. The molecular formula is C23H31N3O3S. The zero-order chi connectivity index (χ0) is 22.1. The number of pyridine rings is 1. The molecule has 1 aromatic heterocycles. The van der Waals surface area contributed by atoms with Gasteiger partial charge in [0.2, 0.25) is 5.91 Å². The fourth-order valence-corrected chi connectivity index (χ4v) is 3.94. The summed E-state index contributed by atoms with van der Waals surface area (Å²) < 4.78 is 21.5. The second-order valence-electron chi connectivity index (χ2n) is 9.09. The van der Waals surface area contributed by atoms with Crippen LogP contribution in [0.25, 0.3) is 0 Å². The SMILES string of the molecule is Cc1nc([C@@H](C)NC(=O)C2CC2c2ccc(C(C)(C)C)cc2)ccc1NC[SH](=O)=O. The van der Waals surface area contributed by atoms with Gasteiger partial charge < -0.3 is 10.6 Å². The predicted molar refractivity (Wildman–Crippen MR) is 120 cm³/mol. The summed E-state index contributed by atoms with van der Waals surface area (Å²) in [5.74, 6) is 0.214. The number of rotatable bonds is 7. The van der Waals surface area contributed by atoms with E-state index in [1.54, 1.807) is 6.07 Å². The molecule has 162 valence electrons. The predicted octanol–water partition coefficient (Wildman–Crippen LogP) is 3.65. The van der Waals surface area contributed by atoms with Gasteiger partial charge in [-0.05, 0) is 54.9 Å². The third-order valence-electron chi connectivity index (χ3n) is 5.64. The minimum absolute atomic E-state index is 0.00308. The van der Waals surface area contributed by atoms with Gasteiger partial charge in [0, 0.05) is 5.92 Å². The standard InChI is InChI=1S/C23H31N3O3S/c1-14-20(24-13-30(28)29)10-11-21(25-14)15(2)26-22(27)19-12-18(19)16-6-8-17(9-7-16)23(3,4)5/h6-11,15,18-19,24,30H,12-13H2,1-5H3,(H,26,27)/t15-,18?,19?/m1/s1. The number of aryl methyl sites for hydroxylation is 1. The molecule has 30 heavy (non-hydrogen) atoms. The maximum atomic E-state index is 12.7. The summed E-state index contributed by atoms with van der Waals surface area (Å²) in [5.41, 5.74) is 4.77. The van der Waals surface area contributed by atoms with Gasteiger partial charge in [0.15, 0.2) is 10.7 Å². The molecule has 2 aromatic rings. The minimum Gasteiger partial charge on any atom is -0.370 e. The summed E-state index contributed by atoms with van der Waals surface area (Å²) >= 11 is 0. The van der Waals surface area contributed by atoms with Crippen molar-refractivity contribution in [2.75, 3.05) is 11.2 Å². The quantitative estimate of drug-likeness (QED) is 0.585. The van der Waals surface area contributed by atoms with Gasteiger partial charge in [-0.2, -0.15) is 0 Å². The Morgan fingerprint density at radius 1 is 1.17 bits per heavy atom. The monoisotopic (exact) mass is 429 g/mol. The first kappa shape index (κ1) is 22.3. The lowest BCUT2D eigenvalue weighted by molar-refractivity contribution is -0.123. The normalized spacial score (nSPS) is 19.4. The topological polar surface area (TPSA) is 88.2 Å². The van der Waals surface area contributed by atoms with Crippen LogP contribution in [0.1, 0.15) is 68.6 Å². The molecule has 1 aliphatic rings. The highest BCUT2D eigenvalue weighted by Gasteiger charge is 2.44. The van der Waals surface area contributed by atoms with Gasteiger partial charge in [-0.1, -0.05) is 45.0 Å². The lowest BCUT2D eigenvalue weighted by atomic mass is 9.86. The number of thiol groups is 1. The van der Waals surface area contributed by atoms with E-state index in [-0.39, 0.29) is 35.1 Å². The molecule has 0 radical (unpaired) electrons. The molecule has 1 amide bonds. The molecule has 1 aromatic carbocycles. The van der Waals surface area contributed by atoms with E-state index < -0.39 is 10.7 Å². The molecule has 3 atom stereocenters.